The molecule has 6 heteroatoms. The van der Waals surface area contributed by atoms with Gasteiger partial charge >= 0.3 is 5.97 Å². The molecule has 0 spiro atoms. The number of nitrogens with zero attached hydrogens (tertiary/aromatic N) is 2. The van der Waals surface area contributed by atoms with Crippen LogP contribution in [0.25, 0.3) is 10.9 Å². The van der Waals surface area contributed by atoms with E-state index in [4.69, 9.17) is 9.47 Å². The van der Waals surface area contributed by atoms with Crippen LogP contribution in [-0.4, -0.2) is 42.2 Å². The Morgan fingerprint density at radius 2 is 1.83 bits per heavy atom. The summed E-state index contributed by atoms with van der Waals surface area (Å²) in [6, 6.07) is 26.1. The molecule has 0 radical (unpaired) electrons. The summed E-state index contributed by atoms with van der Waals surface area (Å²) in [5.74, 6) is 0.572. The minimum absolute atomic E-state index is 0.203. The average Bonchev–Trinajstić information content (AvgIpc) is 2.88. The van der Waals surface area contributed by atoms with Gasteiger partial charge in [-0.3, -0.25) is 14.7 Å². The van der Waals surface area contributed by atoms with Gasteiger partial charge in [0.05, 0.1) is 12.6 Å². The van der Waals surface area contributed by atoms with Crippen molar-refractivity contribution in [2.75, 3.05) is 25.6 Å². The predicted octanol–water partition coefficient (Wildman–Crippen LogP) is 5.27. The van der Waals surface area contributed by atoms with E-state index in [0.717, 1.165) is 33.7 Å². The van der Waals surface area contributed by atoms with Crippen molar-refractivity contribution in [2.24, 2.45) is 0 Å². The summed E-state index contributed by atoms with van der Waals surface area (Å²) < 4.78 is 11.2. The van der Waals surface area contributed by atoms with Crippen LogP contribution in [0.5, 0.6) is 5.75 Å². The fourth-order valence-corrected chi connectivity index (χ4v) is 4.69. The Hall–Kier alpha value is -3.90. The van der Waals surface area contributed by atoms with Crippen LogP contribution in [0, 0.1) is 6.92 Å². The first-order chi connectivity index (χ1) is 17.1. The topological polar surface area (TPSA) is 63.7 Å². The molecule has 0 saturated carbocycles. The number of anilines is 2. The molecule has 35 heavy (non-hydrogen) atoms. The number of benzene rings is 3. The highest BCUT2D eigenvalue weighted by atomic mass is 16.5. The highest BCUT2D eigenvalue weighted by molar-refractivity contribution is 5.93. The normalized spacial score (nSPS) is 15.4. The molecule has 0 fully saturated rings. The van der Waals surface area contributed by atoms with Crippen molar-refractivity contribution in [3.05, 3.63) is 95.7 Å². The summed E-state index contributed by atoms with van der Waals surface area (Å²) in [5.41, 5.74) is 6.33. The Bertz CT molecular complexity index is 1350. The molecule has 0 saturated heterocycles. The van der Waals surface area contributed by atoms with Crippen LogP contribution in [0.4, 0.5) is 11.4 Å². The smallest absolute Gasteiger partial charge is 0.323 e. The van der Waals surface area contributed by atoms with Crippen LogP contribution in [0.3, 0.4) is 0 Å². The molecule has 5 rings (SSSR count). The molecule has 6 nitrogen and oxygen atoms in total. The van der Waals surface area contributed by atoms with Crippen molar-refractivity contribution in [3.8, 4) is 5.75 Å². The Morgan fingerprint density at radius 1 is 1.03 bits per heavy atom. The summed E-state index contributed by atoms with van der Waals surface area (Å²) in [7, 11) is 1.45. The Morgan fingerprint density at radius 3 is 2.69 bits per heavy atom. The number of hydrogen-bond acceptors (Lipinski definition) is 6. The van der Waals surface area contributed by atoms with Crippen LogP contribution < -0.4 is 10.1 Å². The number of pyridine rings is 1. The zero-order chi connectivity index (χ0) is 24.2. The third-order valence-electron chi connectivity index (χ3n) is 6.42. The maximum absolute atomic E-state index is 12.4. The molecule has 178 valence electrons. The van der Waals surface area contributed by atoms with Gasteiger partial charge in [-0.1, -0.05) is 48.5 Å². The van der Waals surface area contributed by atoms with Crippen molar-refractivity contribution < 1.29 is 14.3 Å². The van der Waals surface area contributed by atoms with Crippen LogP contribution in [-0.2, 0) is 22.5 Å². The van der Waals surface area contributed by atoms with E-state index in [1.165, 1.54) is 18.2 Å². The monoisotopic (exact) mass is 467 g/mol. The third-order valence-corrected chi connectivity index (χ3v) is 6.42. The van der Waals surface area contributed by atoms with Gasteiger partial charge in [0, 0.05) is 41.6 Å². The molecule has 0 bridgehead atoms. The second-order valence-electron chi connectivity index (χ2n) is 8.81. The van der Waals surface area contributed by atoms with E-state index in [9.17, 15) is 4.79 Å². The molecule has 2 heterocycles. The van der Waals surface area contributed by atoms with E-state index < -0.39 is 0 Å². The number of methoxy groups -OCH3 is 1. The van der Waals surface area contributed by atoms with E-state index in [-0.39, 0.29) is 12.0 Å². The first-order valence-corrected chi connectivity index (χ1v) is 11.9. The van der Waals surface area contributed by atoms with Crippen molar-refractivity contribution in [2.45, 2.75) is 25.9 Å². The SMILES string of the molecule is COC(=O)C1Cc2ccccc2CN1CCOc1cccc(Nc2cc(C)nc3ccccc23)c1. The number of ether oxygens (including phenoxy) is 2. The number of aryl methyl sites for hydroxylation is 1. The predicted molar refractivity (Wildman–Crippen MR) is 138 cm³/mol. The molecule has 0 aliphatic carbocycles. The van der Waals surface area contributed by atoms with Crippen LogP contribution in [0.1, 0.15) is 16.8 Å². The number of para-hydroxylation sites is 1. The standard InChI is InChI=1S/C29H29N3O3/c1-20-16-27(25-12-5-6-13-26(25)30-20)31-23-10-7-11-24(18-23)35-15-14-32-19-22-9-4-3-8-21(22)17-28(32)29(33)34-2/h3-13,16,18,28H,14-15,17,19H2,1-2H3,(H,30,31). The Kier molecular flexibility index (Phi) is 6.64. The van der Waals surface area contributed by atoms with Gasteiger partial charge in [0.25, 0.3) is 0 Å². The Labute approximate surface area is 205 Å². The van der Waals surface area contributed by atoms with E-state index in [2.05, 4.69) is 39.5 Å². The molecule has 1 N–H and O–H groups in total. The minimum Gasteiger partial charge on any atom is -0.492 e. The summed E-state index contributed by atoms with van der Waals surface area (Å²) >= 11 is 0. The zero-order valence-electron chi connectivity index (χ0n) is 20.0. The molecule has 3 aromatic carbocycles. The lowest BCUT2D eigenvalue weighted by molar-refractivity contribution is -0.147. The molecule has 4 aromatic rings. The van der Waals surface area contributed by atoms with Gasteiger partial charge in [0.15, 0.2) is 0 Å². The van der Waals surface area contributed by atoms with E-state index in [0.29, 0.717) is 26.1 Å². The molecule has 1 aliphatic heterocycles. The van der Waals surface area contributed by atoms with Crippen LogP contribution in [0.15, 0.2) is 78.9 Å². The van der Waals surface area contributed by atoms with Crippen molar-refractivity contribution >= 4 is 28.2 Å². The van der Waals surface area contributed by atoms with Gasteiger partial charge < -0.3 is 14.8 Å². The first-order valence-electron chi connectivity index (χ1n) is 11.9. The molecule has 1 atom stereocenters. The molecule has 1 aliphatic rings. The summed E-state index contributed by atoms with van der Waals surface area (Å²) in [4.78, 5) is 19.2. The van der Waals surface area contributed by atoms with Crippen LogP contribution in [0.2, 0.25) is 0 Å². The molecular weight excluding hydrogens is 438 g/mol. The number of esters is 1. The summed E-state index contributed by atoms with van der Waals surface area (Å²) in [6.07, 6.45) is 0.654. The average molecular weight is 468 g/mol. The van der Waals surface area contributed by atoms with E-state index >= 15 is 0 Å². The lowest BCUT2D eigenvalue weighted by atomic mass is 9.94. The van der Waals surface area contributed by atoms with Gasteiger partial charge in [-0.2, -0.15) is 0 Å². The number of rotatable bonds is 7. The summed E-state index contributed by atoms with van der Waals surface area (Å²) in [5, 5.41) is 4.59. The number of carbonyl (C=O) groups is 1. The number of aromatic nitrogens is 1. The largest absolute Gasteiger partial charge is 0.492 e. The van der Waals surface area contributed by atoms with Gasteiger partial charge in [-0.15, -0.1) is 0 Å². The highest BCUT2D eigenvalue weighted by Gasteiger charge is 2.31. The maximum Gasteiger partial charge on any atom is 0.323 e. The molecular formula is C29H29N3O3. The zero-order valence-corrected chi connectivity index (χ0v) is 20.0. The summed E-state index contributed by atoms with van der Waals surface area (Å²) in [6.45, 7) is 3.80. The van der Waals surface area contributed by atoms with Crippen molar-refractivity contribution in [1.29, 1.82) is 0 Å². The molecule has 0 amide bonds. The molecule has 1 aromatic heterocycles. The highest BCUT2D eigenvalue weighted by Crippen LogP contribution is 2.28. The Balaban J connectivity index is 1.26. The van der Waals surface area contributed by atoms with Crippen molar-refractivity contribution in [3.63, 3.8) is 0 Å². The van der Waals surface area contributed by atoms with E-state index in [1.54, 1.807) is 0 Å². The second-order valence-corrected chi connectivity index (χ2v) is 8.81. The number of carbonyl (C=O) groups excluding carboxylic acids is 1. The van der Waals surface area contributed by atoms with E-state index in [1.807, 2.05) is 61.5 Å². The van der Waals surface area contributed by atoms with Gasteiger partial charge in [-0.25, -0.2) is 0 Å². The number of fused-ring (bicyclic) bond motifs is 2. The fourth-order valence-electron chi connectivity index (χ4n) is 4.69. The first kappa shape index (κ1) is 22.9. The third kappa shape index (κ3) is 5.12. The van der Waals surface area contributed by atoms with Gasteiger partial charge in [0.2, 0.25) is 0 Å². The van der Waals surface area contributed by atoms with Crippen molar-refractivity contribution in [1.82, 2.24) is 9.88 Å². The fraction of sp³-hybridized carbons (Fsp3) is 0.241. The number of hydrogen-bond donors (Lipinski definition) is 1. The molecule has 1 unspecified atom stereocenters. The maximum atomic E-state index is 12.4. The quantitative estimate of drug-likeness (QED) is 0.374. The number of nitrogens with one attached hydrogen (secondary N) is 1. The van der Waals surface area contributed by atoms with Crippen LogP contribution >= 0.6 is 0 Å². The van der Waals surface area contributed by atoms with Gasteiger partial charge in [0.1, 0.15) is 18.4 Å². The second kappa shape index (κ2) is 10.2. The lowest BCUT2D eigenvalue weighted by Crippen LogP contribution is -2.47. The lowest BCUT2D eigenvalue weighted by Gasteiger charge is -2.35. The van der Waals surface area contributed by atoms with Gasteiger partial charge in [-0.05, 0) is 48.7 Å². The minimum atomic E-state index is -0.297.